The molecule has 0 radical (unpaired) electrons. The van der Waals surface area contributed by atoms with Crippen molar-refractivity contribution in [1.29, 1.82) is 0 Å². The minimum absolute atomic E-state index is 0.0481. The lowest BCUT2D eigenvalue weighted by Gasteiger charge is -2.15. The molecule has 0 bridgehead atoms. The van der Waals surface area contributed by atoms with E-state index in [0.29, 0.717) is 6.42 Å². The SMILES string of the molecule is CCCCC(NC(=O)NC1C(C)(C)C1(C)C)C(=O)O. The lowest BCUT2D eigenvalue weighted by atomic mass is 10.0. The van der Waals surface area contributed by atoms with Crippen LogP contribution in [0.3, 0.4) is 0 Å². The molecule has 110 valence electrons. The Kier molecular flexibility index (Phi) is 4.48. The van der Waals surface area contributed by atoms with Crippen LogP contribution < -0.4 is 10.6 Å². The van der Waals surface area contributed by atoms with E-state index in [1.54, 1.807) is 0 Å². The van der Waals surface area contributed by atoms with Gasteiger partial charge in [0.25, 0.3) is 0 Å². The van der Waals surface area contributed by atoms with Crippen LogP contribution in [-0.4, -0.2) is 29.2 Å². The van der Waals surface area contributed by atoms with Crippen LogP contribution in [0.2, 0.25) is 0 Å². The fourth-order valence-electron chi connectivity index (χ4n) is 2.55. The summed E-state index contributed by atoms with van der Waals surface area (Å²) in [6.07, 6.45) is 2.17. The average molecular weight is 270 g/mol. The molecule has 3 N–H and O–H groups in total. The van der Waals surface area contributed by atoms with Crippen molar-refractivity contribution in [2.45, 2.75) is 66.0 Å². The number of carboxylic acid groups (broad SMARTS) is 1. The summed E-state index contributed by atoms with van der Waals surface area (Å²) in [6, 6.07) is -1.10. The molecule has 0 aromatic carbocycles. The van der Waals surface area contributed by atoms with Gasteiger partial charge in [-0.15, -0.1) is 0 Å². The number of aliphatic carboxylic acids is 1. The summed E-state index contributed by atoms with van der Waals surface area (Å²) >= 11 is 0. The van der Waals surface area contributed by atoms with Gasteiger partial charge in [-0.1, -0.05) is 47.5 Å². The van der Waals surface area contributed by atoms with E-state index in [-0.39, 0.29) is 22.9 Å². The van der Waals surface area contributed by atoms with Crippen molar-refractivity contribution in [1.82, 2.24) is 10.6 Å². The molecule has 1 rings (SSSR count). The van der Waals surface area contributed by atoms with Crippen LogP contribution in [0.15, 0.2) is 0 Å². The monoisotopic (exact) mass is 270 g/mol. The molecular weight excluding hydrogens is 244 g/mol. The van der Waals surface area contributed by atoms with Gasteiger partial charge >= 0.3 is 12.0 Å². The number of nitrogens with one attached hydrogen (secondary N) is 2. The van der Waals surface area contributed by atoms with Gasteiger partial charge in [-0.2, -0.15) is 0 Å². The molecule has 2 amide bonds. The van der Waals surface area contributed by atoms with E-state index in [2.05, 4.69) is 38.3 Å². The summed E-state index contributed by atoms with van der Waals surface area (Å²) < 4.78 is 0. The van der Waals surface area contributed by atoms with E-state index in [1.165, 1.54) is 0 Å². The maximum absolute atomic E-state index is 11.9. The molecule has 5 nitrogen and oxygen atoms in total. The van der Waals surface area contributed by atoms with Crippen LogP contribution in [0.1, 0.15) is 53.9 Å². The first-order chi connectivity index (χ1) is 8.64. The summed E-state index contributed by atoms with van der Waals surface area (Å²) in [7, 11) is 0. The average Bonchev–Trinajstić information content (AvgIpc) is 2.66. The Balaban J connectivity index is 2.49. The Morgan fingerprint density at radius 3 is 2.11 bits per heavy atom. The highest BCUT2D eigenvalue weighted by atomic mass is 16.4. The van der Waals surface area contributed by atoms with Crippen LogP contribution in [0.5, 0.6) is 0 Å². The molecule has 1 aliphatic rings. The maximum Gasteiger partial charge on any atom is 0.326 e. The van der Waals surface area contributed by atoms with Gasteiger partial charge in [-0.05, 0) is 17.3 Å². The summed E-state index contributed by atoms with van der Waals surface area (Å²) in [5.41, 5.74) is 0.0962. The van der Waals surface area contributed by atoms with Crippen molar-refractivity contribution in [2.75, 3.05) is 0 Å². The van der Waals surface area contributed by atoms with Crippen molar-refractivity contribution < 1.29 is 14.7 Å². The number of unbranched alkanes of at least 4 members (excludes halogenated alkanes) is 1. The second-order valence-corrected chi connectivity index (χ2v) is 6.53. The van der Waals surface area contributed by atoms with Gasteiger partial charge in [0.2, 0.25) is 0 Å². The molecule has 1 aliphatic carbocycles. The number of urea groups is 1. The number of hydrogen-bond donors (Lipinski definition) is 3. The topological polar surface area (TPSA) is 78.4 Å². The van der Waals surface area contributed by atoms with Gasteiger partial charge in [-0.25, -0.2) is 9.59 Å². The third-order valence-corrected chi connectivity index (χ3v) is 4.75. The van der Waals surface area contributed by atoms with Crippen LogP contribution >= 0.6 is 0 Å². The van der Waals surface area contributed by atoms with Crippen LogP contribution in [-0.2, 0) is 4.79 Å². The standard InChI is InChI=1S/C14H26N2O3/c1-6-7-8-9(10(17)18)15-12(19)16-11-13(2,3)14(11,4)5/h9,11H,6-8H2,1-5H3,(H,17,18)(H2,15,16,19). The van der Waals surface area contributed by atoms with Crippen LogP contribution in [0, 0.1) is 10.8 Å². The van der Waals surface area contributed by atoms with E-state index in [0.717, 1.165) is 12.8 Å². The quantitative estimate of drug-likeness (QED) is 0.693. The van der Waals surface area contributed by atoms with Gasteiger partial charge in [0.15, 0.2) is 0 Å². The molecule has 1 unspecified atom stereocenters. The summed E-state index contributed by atoms with van der Waals surface area (Å²) in [5, 5.41) is 14.5. The second-order valence-electron chi connectivity index (χ2n) is 6.53. The molecule has 1 saturated carbocycles. The zero-order valence-electron chi connectivity index (χ0n) is 12.5. The molecule has 0 aliphatic heterocycles. The molecule has 5 heteroatoms. The molecule has 0 saturated heterocycles. The molecular formula is C14H26N2O3. The second kappa shape index (κ2) is 5.39. The first-order valence-corrected chi connectivity index (χ1v) is 6.94. The van der Waals surface area contributed by atoms with E-state index in [9.17, 15) is 9.59 Å². The van der Waals surface area contributed by atoms with E-state index >= 15 is 0 Å². The lowest BCUT2D eigenvalue weighted by molar-refractivity contribution is -0.139. The number of rotatable bonds is 6. The van der Waals surface area contributed by atoms with E-state index < -0.39 is 12.0 Å². The lowest BCUT2D eigenvalue weighted by Crippen LogP contribution is -2.47. The van der Waals surface area contributed by atoms with Crippen molar-refractivity contribution in [2.24, 2.45) is 10.8 Å². The molecule has 1 atom stereocenters. The van der Waals surface area contributed by atoms with Crippen LogP contribution in [0.4, 0.5) is 4.79 Å². The van der Waals surface area contributed by atoms with Gasteiger partial charge < -0.3 is 15.7 Å². The molecule has 0 heterocycles. The predicted molar refractivity (Wildman–Crippen MR) is 74.0 cm³/mol. The Hall–Kier alpha value is -1.26. The van der Waals surface area contributed by atoms with Crippen LogP contribution in [0.25, 0.3) is 0 Å². The number of carbonyl (C=O) groups is 2. The minimum Gasteiger partial charge on any atom is -0.480 e. The highest BCUT2D eigenvalue weighted by molar-refractivity contribution is 5.83. The van der Waals surface area contributed by atoms with Crippen molar-refractivity contribution in [3.63, 3.8) is 0 Å². The van der Waals surface area contributed by atoms with Gasteiger partial charge in [0.05, 0.1) is 0 Å². The fraction of sp³-hybridized carbons (Fsp3) is 0.857. The van der Waals surface area contributed by atoms with Gasteiger partial charge in [0.1, 0.15) is 6.04 Å². The summed E-state index contributed by atoms with van der Waals surface area (Å²) in [5.74, 6) is -0.974. The predicted octanol–water partition coefficient (Wildman–Crippen LogP) is 2.36. The first-order valence-electron chi connectivity index (χ1n) is 6.94. The van der Waals surface area contributed by atoms with Crippen molar-refractivity contribution in [3.8, 4) is 0 Å². The van der Waals surface area contributed by atoms with Crippen molar-refractivity contribution >= 4 is 12.0 Å². The largest absolute Gasteiger partial charge is 0.480 e. The van der Waals surface area contributed by atoms with Gasteiger partial charge in [-0.3, -0.25) is 0 Å². The zero-order valence-corrected chi connectivity index (χ0v) is 12.5. The number of carboxylic acids is 1. The Morgan fingerprint density at radius 2 is 1.74 bits per heavy atom. The molecule has 0 aromatic rings. The fourth-order valence-corrected chi connectivity index (χ4v) is 2.55. The maximum atomic E-state index is 11.9. The van der Waals surface area contributed by atoms with Gasteiger partial charge in [0, 0.05) is 6.04 Å². The van der Waals surface area contributed by atoms with E-state index in [1.807, 2.05) is 6.92 Å². The third kappa shape index (κ3) is 3.19. The zero-order chi connectivity index (χ0) is 14.8. The van der Waals surface area contributed by atoms with Crippen molar-refractivity contribution in [3.05, 3.63) is 0 Å². The normalized spacial score (nSPS) is 21.5. The highest BCUT2D eigenvalue weighted by Crippen LogP contribution is 2.62. The Labute approximate surface area is 115 Å². The number of carbonyl (C=O) groups excluding carboxylic acids is 1. The Morgan fingerprint density at radius 1 is 1.21 bits per heavy atom. The molecule has 0 aromatic heterocycles. The smallest absolute Gasteiger partial charge is 0.326 e. The number of hydrogen-bond acceptors (Lipinski definition) is 2. The minimum atomic E-state index is -0.974. The van der Waals surface area contributed by atoms with E-state index in [4.69, 9.17) is 5.11 Å². The molecule has 19 heavy (non-hydrogen) atoms. The summed E-state index contributed by atoms with van der Waals surface area (Å²) in [6.45, 7) is 10.4. The number of amides is 2. The highest BCUT2D eigenvalue weighted by Gasteiger charge is 2.65. The Bertz CT molecular complexity index is 350. The molecule has 1 fully saturated rings. The first kappa shape index (κ1) is 15.8. The molecule has 0 spiro atoms. The third-order valence-electron chi connectivity index (χ3n) is 4.75. The summed E-state index contributed by atoms with van der Waals surface area (Å²) in [4.78, 5) is 22.9.